The molecule has 1 atom stereocenters. The van der Waals surface area contributed by atoms with E-state index < -0.39 is 0 Å². The molecule has 0 fully saturated rings. The minimum Gasteiger partial charge on any atom is -0.313 e. The first kappa shape index (κ1) is 14.7. The lowest BCUT2D eigenvalue weighted by atomic mass is 10.0. The standard InChI is InChI=1S/C17H23N3/c1-11-6-7-15(8-12(11)2)9-17-19-10-16(13(3)18-5)14(4)20-17/h6-8,10,13,18H,9H2,1-5H3. The summed E-state index contributed by atoms with van der Waals surface area (Å²) in [7, 11) is 1.95. The second-order valence-corrected chi connectivity index (χ2v) is 5.43. The molecule has 0 aliphatic rings. The van der Waals surface area contributed by atoms with Gasteiger partial charge in [0.1, 0.15) is 5.82 Å². The molecular formula is C17H23N3. The van der Waals surface area contributed by atoms with Gasteiger partial charge in [-0.05, 0) is 51.4 Å². The number of aryl methyl sites for hydroxylation is 3. The van der Waals surface area contributed by atoms with Crippen LogP contribution in [0, 0.1) is 20.8 Å². The fourth-order valence-corrected chi connectivity index (χ4v) is 2.29. The average molecular weight is 269 g/mol. The molecule has 1 aromatic carbocycles. The van der Waals surface area contributed by atoms with Gasteiger partial charge in [-0.15, -0.1) is 0 Å². The molecule has 1 heterocycles. The van der Waals surface area contributed by atoms with Crippen molar-refractivity contribution in [2.24, 2.45) is 0 Å². The number of nitrogens with zero attached hydrogens (tertiary/aromatic N) is 2. The molecule has 0 bridgehead atoms. The number of rotatable bonds is 4. The molecule has 0 amide bonds. The van der Waals surface area contributed by atoms with Gasteiger partial charge >= 0.3 is 0 Å². The van der Waals surface area contributed by atoms with E-state index in [1.165, 1.54) is 16.7 Å². The zero-order chi connectivity index (χ0) is 14.7. The highest BCUT2D eigenvalue weighted by Crippen LogP contribution is 2.16. The molecule has 0 aliphatic carbocycles. The summed E-state index contributed by atoms with van der Waals surface area (Å²) in [5.41, 5.74) is 6.13. The van der Waals surface area contributed by atoms with Crippen molar-refractivity contribution in [1.29, 1.82) is 0 Å². The summed E-state index contributed by atoms with van der Waals surface area (Å²) in [6.45, 7) is 8.44. The smallest absolute Gasteiger partial charge is 0.132 e. The highest BCUT2D eigenvalue weighted by molar-refractivity contribution is 5.31. The van der Waals surface area contributed by atoms with Gasteiger partial charge in [0, 0.05) is 29.9 Å². The Kier molecular flexibility index (Phi) is 4.50. The fourth-order valence-electron chi connectivity index (χ4n) is 2.29. The normalized spacial score (nSPS) is 12.4. The van der Waals surface area contributed by atoms with Gasteiger partial charge in [0.2, 0.25) is 0 Å². The molecule has 1 aromatic heterocycles. The van der Waals surface area contributed by atoms with Crippen LogP contribution in [0.15, 0.2) is 24.4 Å². The molecule has 0 spiro atoms. The predicted octanol–water partition coefficient (Wildman–Crippen LogP) is 3.27. The van der Waals surface area contributed by atoms with Gasteiger partial charge in [0.15, 0.2) is 0 Å². The summed E-state index contributed by atoms with van der Waals surface area (Å²) in [6, 6.07) is 6.82. The first-order chi connectivity index (χ1) is 9.51. The molecule has 0 saturated carbocycles. The SMILES string of the molecule is CNC(C)c1cnc(Cc2ccc(C)c(C)c2)nc1C. The van der Waals surface area contributed by atoms with E-state index in [1.54, 1.807) is 0 Å². The van der Waals surface area contributed by atoms with E-state index in [2.05, 4.69) is 61.2 Å². The maximum Gasteiger partial charge on any atom is 0.132 e. The quantitative estimate of drug-likeness (QED) is 0.925. The van der Waals surface area contributed by atoms with Crippen molar-refractivity contribution >= 4 is 0 Å². The molecule has 20 heavy (non-hydrogen) atoms. The Labute approximate surface area is 121 Å². The van der Waals surface area contributed by atoms with Gasteiger partial charge in [-0.2, -0.15) is 0 Å². The van der Waals surface area contributed by atoms with Crippen molar-refractivity contribution in [3.05, 3.63) is 58.2 Å². The molecule has 1 N–H and O–H groups in total. The summed E-state index contributed by atoms with van der Waals surface area (Å²) < 4.78 is 0. The van der Waals surface area contributed by atoms with Gasteiger partial charge in [0.25, 0.3) is 0 Å². The van der Waals surface area contributed by atoms with Gasteiger partial charge in [-0.1, -0.05) is 18.2 Å². The third kappa shape index (κ3) is 3.23. The number of nitrogens with one attached hydrogen (secondary N) is 1. The lowest BCUT2D eigenvalue weighted by Crippen LogP contribution is -2.15. The highest BCUT2D eigenvalue weighted by Gasteiger charge is 2.09. The first-order valence-corrected chi connectivity index (χ1v) is 7.07. The maximum absolute atomic E-state index is 4.64. The number of hydrogen-bond acceptors (Lipinski definition) is 3. The van der Waals surface area contributed by atoms with Crippen LogP contribution in [0.25, 0.3) is 0 Å². The second kappa shape index (κ2) is 6.14. The lowest BCUT2D eigenvalue weighted by Gasteiger charge is -2.13. The van der Waals surface area contributed by atoms with Crippen LogP contribution in [0.4, 0.5) is 0 Å². The highest BCUT2D eigenvalue weighted by atomic mass is 14.9. The largest absolute Gasteiger partial charge is 0.313 e. The van der Waals surface area contributed by atoms with E-state index >= 15 is 0 Å². The molecule has 3 nitrogen and oxygen atoms in total. The third-order valence-corrected chi connectivity index (χ3v) is 3.90. The Morgan fingerprint density at radius 1 is 1.15 bits per heavy atom. The Balaban J connectivity index is 2.22. The summed E-state index contributed by atoms with van der Waals surface area (Å²) in [5, 5.41) is 3.22. The third-order valence-electron chi connectivity index (χ3n) is 3.90. The maximum atomic E-state index is 4.64. The molecule has 0 radical (unpaired) electrons. The predicted molar refractivity (Wildman–Crippen MR) is 83.0 cm³/mol. The van der Waals surface area contributed by atoms with E-state index in [0.29, 0.717) is 0 Å². The Morgan fingerprint density at radius 3 is 2.50 bits per heavy atom. The number of aromatic nitrogens is 2. The van der Waals surface area contributed by atoms with Crippen molar-refractivity contribution in [2.45, 2.75) is 40.2 Å². The van der Waals surface area contributed by atoms with E-state index in [9.17, 15) is 0 Å². The summed E-state index contributed by atoms with van der Waals surface area (Å²) in [5.74, 6) is 0.887. The van der Waals surface area contributed by atoms with Crippen LogP contribution in [0.2, 0.25) is 0 Å². The van der Waals surface area contributed by atoms with Crippen molar-refractivity contribution in [1.82, 2.24) is 15.3 Å². The zero-order valence-electron chi connectivity index (χ0n) is 13.0. The molecule has 2 aromatic rings. The summed E-state index contributed by atoms with van der Waals surface area (Å²) >= 11 is 0. The molecule has 3 heteroatoms. The molecular weight excluding hydrogens is 246 g/mol. The van der Waals surface area contributed by atoms with Crippen LogP contribution in [0.3, 0.4) is 0 Å². The molecule has 106 valence electrons. The van der Waals surface area contributed by atoms with Gasteiger partial charge in [0.05, 0.1) is 0 Å². The molecule has 0 aliphatic heterocycles. The number of benzene rings is 1. The minimum atomic E-state index is 0.283. The molecule has 0 saturated heterocycles. The Morgan fingerprint density at radius 2 is 1.90 bits per heavy atom. The van der Waals surface area contributed by atoms with E-state index in [4.69, 9.17) is 0 Å². The lowest BCUT2D eigenvalue weighted by molar-refractivity contribution is 0.638. The monoisotopic (exact) mass is 269 g/mol. The second-order valence-electron chi connectivity index (χ2n) is 5.43. The molecule has 1 unspecified atom stereocenters. The summed E-state index contributed by atoms with van der Waals surface area (Å²) in [4.78, 5) is 9.14. The Hall–Kier alpha value is -1.74. The van der Waals surface area contributed by atoms with Gasteiger partial charge < -0.3 is 5.32 Å². The van der Waals surface area contributed by atoms with Crippen LogP contribution < -0.4 is 5.32 Å². The number of hydrogen-bond donors (Lipinski definition) is 1. The van der Waals surface area contributed by atoms with Gasteiger partial charge in [-0.25, -0.2) is 9.97 Å². The zero-order valence-corrected chi connectivity index (χ0v) is 13.0. The van der Waals surface area contributed by atoms with Crippen molar-refractivity contribution < 1.29 is 0 Å². The van der Waals surface area contributed by atoms with Crippen LogP contribution in [-0.2, 0) is 6.42 Å². The van der Waals surface area contributed by atoms with Crippen LogP contribution in [0.5, 0.6) is 0 Å². The van der Waals surface area contributed by atoms with Crippen molar-refractivity contribution in [3.63, 3.8) is 0 Å². The van der Waals surface area contributed by atoms with E-state index in [0.717, 1.165) is 23.5 Å². The minimum absolute atomic E-state index is 0.283. The van der Waals surface area contributed by atoms with Crippen LogP contribution in [0.1, 0.15) is 46.7 Å². The summed E-state index contributed by atoms with van der Waals surface area (Å²) in [6.07, 6.45) is 2.73. The Bertz CT molecular complexity index is 605. The van der Waals surface area contributed by atoms with Crippen molar-refractivity contribution in [2.75, 3.05) is 7.05 Å². The van der Waals surface area contributed by atoms with Crippen LogP contribution >= 0.6 is 0 Å². The van der Waals surface area contributed by atoms with Gasteiger partial charge in [-0.3, -0.25) is 0 Å². The van der Waals surface area contributed by atoms with Crippen molar-refractivity contribution in [3.8, 4) is 0 Å². The average Bonchev–Trinajstić information content (AvgIpc) is 2.42. The van der Waals surface area contributed by atoms with E-state index in [1.807, 2.05) is 13.2 Å². The first-order valence-electron chi connectivity index (χ1n) is 7.07. The molecule has 2 rings (SSSR count). The fraction of sp³-hybridized carbons (Fsp3) is 0.412. The van der Waals surface area contributed by atoms with E-state index in [-0.39, 0.29) is 6.04 Å². The van der Waals surface area contributed by atoms with Crippen LogP contribution in [-0.4, -0.2) is 17.0 Å². The topological polar surface area (TPSA) is 37.8 Å².